The first-order chi connectivity index (χ1) is 17.1. The molecule has 4 atom stereocenters. The number of anilines is 2. The first-order valence-corrected chi connectivity index (χ1v) is 13.3. The number of benzene rings is 1. The molecule has 2 aliphatic heterocycles. The van der Waals surface area contributed by atoms with Crippen LogP contribution in [0.3, 0.4) is 0 Å². The van der Waals surface area contributed by atoms with Crippen molar-refractivity contribution in [3.8, 4) is 0 Å². The van der Waals surface area contributed by atoms with Crippen molar-refractivity contribution in [2.24, 2.45) is 16.8 Å². The molecule has 35 heavy (non-hydrogen) atoms. The predicted octanol–water partition coefficient (Wildman–Crippen LogP) is 5.89. The second-order valence-corrected chi connectivity index (χ2v) is 10.5. The Labute approximate surface area is 209 Å². The van der Waals surface area contributed by atoms with Gasteiger partial charge in [0.05, 0.1) is 29.1 Å². The lowest BCUT2D eigenvalue weighted by molar-refractivity contribution is 0.276. The number of aromatic nitrogens is 2. The van der Waals surface area contributed by atoms with Gasteiger partial charge < -0.3 is 15.5 Å². The van der Waals surface area contributed by atoms with Gasteiger partial charge in [-0.1, -0.05) is 25.2 Å². The maximum absolute atomic E-state index is 4.50. The van der Waals surface area contributed by atoms with E-state index in [-0.39, 0.29) is 6.04 Å². The number of hydrogen-bond donors (Lipinski definition) is 3. The van der Waals surface area contributed by atoms with E-state index in [2.05, 4.69) is 82.8 Å². The van der Waals surface area contributed by atoms with Crippen LogP contribution in [0.25, 0.3) is 16.5 Å². The van der Waals surface area contributed by atoms with E-state index < -0.39 is 0 Å². The van der Waals surface area contributed by atoms with Gasteiger partial charge in [-0.25, -0.2) is 0 Å². The van der Waals surface area contributed by atoms with Crippen LogP contribution in [-0.2, 0) is 0 Å². The second-order valence-electron chi connectivity index (χ2n) is 10.5. The summed E-state index contributed by atoms with van der Waals surface area (Å²) in [6.45, 7) is 8.08. The fourth-order valence-corrected chi connectivity index (χ4v) is 6.06. The highest BCUT2D eigenvalue weighted by Gasteiger charge is 2.31. The Morgan fingerprint density at radius 3 is 2.91 bits per heavy atom. The molecular formula is C29H40N6. The van der Waals surface area contributed by atoms with Crippen LogP contribution in [0.1, 0.15) is 51.0 Å². The Morgan fingerprint density at radius 2 is 2.11 bits per heavy atom. The van der Waals surface area contributed by atoms with Gasteiger partial charge in [-0.15, -0.1) is 6.58 Å². The number of allylic oxidation sites excluding steroid dienone is 2. The van der Waals surface area contributed by atoms with Gasteiger partial charge in [-0.3, -0.25) is 10.1 Å². The molecule has 1 aromatic heterocycles. The number of nitrogens with one attached hydrogen (secondary N) is 3. The zero-order valence-electron chi connectivity index (χ0n) is 21.5. The van der Waals surface area contributed by atoms with E-state index in [1.54, 1.807) is 5.57 Å². The fourth-order valence-electron chi connectivity index (χ4n) is 6.06. The van der Waals surface area contributed by atoms with Crippen LogP contribution in [0.15, 0.2) is 47.6 Å². The molecule has 4 unspecified atom stereocenters. The van der Waals surface area contributed by atoms with E-state index in [1.807, 2.05) is 12.3 Å². The number of fused-ring (bicyclic) bond motifs is 4. The number of rotatable bonds is 9. The number of H-pyrrole nitrogens is 1. The lowest BCUT2D eigenvalue weighted by Crippen LogP contribution is -2.30. The van der Waals surface area contributed by atoms with Crippen LogP contribution in [0.2, 0.25) is 0 Å². The maximum Gasteiger partial charge on any atom is 0.0678 e. The first-order valence-electron chi connectivity index (χ1n) is 13.3. The molecule has 186 valence electrons. The number of aliphatic imine (C=N–C) groups is 1. The van der Waals surface area contributed by atoms with Gasteiger partial charge in [0.2, 0.25) is 0 Å². The first kappa shape index (κ1) is 23.9. The molecule has 0 spiro atoms. The van der Waals surface area contributed by atoms with Crippen LogP contribution in [0.5, 0.6) is 0 Å². The van der Waals surface area contributed by atoms with Gasteiger partial charge in [0.1, 0.15) is 0 Å². The molecule has 0 amide bonds. The largest absolute Gasteiger partial charge is 0.383 e. The highest BCUT2D eigenvalue weighted by Crippen LogP contribution is 2.48. The summed E-state index contributed by atoms with van der Waals surface area (Å²) >= 11 is 0. The summed E-state index contributed by atoms with van der Waals surface area (Å²) in [4.78, 5) is 6.83. The van der Waals surface area contributed by atoms with Gasteiger partial charge in [0.25, 0.3) is 0 Å². The number of hydrogen-bond acceptors (Lipinski definition) is 5. The van der Waals surface area contributed by atoms with Crippen LogP contribution in [0, 0.1) is 11.8 Å². The minimum absolute atomic E-state index is 0.215. The van der Waals surface area contributed by atoms with E-state index in [9.17, 15) is 0 Å². The summed E-state index contributed by atoms with van der Waals surface area (Å²) in [5.41, 5.74) is 7.93. The van der Waals surface area contributed by atoms with Crippen molar-refractivity contribution in [2.45, 2.75) is 57.5 Å². The molecule has 3 aliphatic rings. The molecule has 5 rings (SSSR count). The Bertz CT molecular complexity index is 1150. The monoisotopic (exact) mass is 472 g/mol. The van der Waals surface area contributed by atoms with E-state index in [0.29, 0.717) is 17.9 Å². The van der Waals surface area contributed by atoms with E-state index in [0.717, 1.165) is 44.3 Å². The van der Waals surface area contributed by atoms with Gasteiger partial charge in [0, 0.05) is 48.1 Å². The minimum atomic E-state index is 0.215. The van der Waals surface area contributed by atoms with E-state index >= 15 is 0 Å². The SMILES string of the molecule is C=CC1CN=CC1/C=C/C1Nc2c(NCCC(CC)N(C)C)cc3[nH]ncc3c2C2=C1CCCC2. The van der Waals surface area contributed by atoms with Crippen LogP contribution < -0.4 is 10.6 Å². The quantitative estimate of drug-likeness (QED) is 0.398. The molecule has 0 fully saturated rings. The van der Waals surface area contributed by atoms with Gasteiger partial charge in [-0.05, 0) is 69.8 Å². The van der Waals surface area contributed by atoms with Crippen molar-refractivity contribution in [2.75, 3.05) is 37.8 Å². The lowest BCUT2D eigenvalue weighted by atomic mass is 9.79. The van der Waals surface area contributed by atoms with Crippen molar-refractivity contribution in [3.05, 3.63) is 48.2 Å². The number of aromatic amines is 1. The third-order valence-corrected chi connectivity index (χ3v) is 8.14. The van der Waals surface area contributed by atoms with E-state index in [1.165, 1.54) is 40.7 Å². The molecule has 0 bridgehead atoms. The average molecular weight is 473 g/mol. The molecule has 3 N–H and O–H groups in total. The third kappa shape index (κ3) is 4.68. The molecule has 6 nitrogen and oxygen atoms in total. The minimum Gasteiger partial charge on any atom is -0.383 e. The molecule has 0 saturated heterocycles. The molecule has 1 aromatic carbocycles. The number of nitrogens with zero attached hydrogens (tertiary/aromatic N) is 3. The Balaban J connectivity index is 1.49. The highest BCUT2D eigenvalue weighted by atomic mass is 15.1. The van der Waals surface area contributed by atoms with Crippen molar-refractivity contribution >= 4 is 34.1 Å². The molecule has 0 saturated carbocycles. The molecule has 2 aromatic rings. The Morgan fingerprint density at radius 1 is 1.26 bits per heavy atom. The Kier molecular flexibility index (Phi) is 7.09. The topological polar surface area (TPSA) is 68.3 Å². The van der Waals surface area contributed by atoms with E-state index in [4.69, 9.17) is 0 Å². The highest BCUT2D eigenvalue weighted by molar-refractivity contribution is 6.05. The summed E-state index contributed by atoms with van der Waals surface area (Å²) in [6, 6.07) is 3.03. The predicted molar refractivity (Wildman–Crippen MR) is 149 cm³/mol. The summed E-state index contributed by atoms with van der Waals surface area (Å²) in [6.07, 6.45) is 17.9. The van der Waals surface area contributed by atoms with Crippen molar-refractivity contribution < 1.29 is 0 Å². The molecule has 0 radical (unpaired) electrons. The zero-order chi connectivity index (χ0) is 24.4. The lowest BCUT2D eigenvalue weighted by Gasteiger charge is -2.35. The molecule has 3 heterocycles. The smallest absolute Gasteiger partial charge is 0.0678 e. The normalized spacial score (nSPS) is 24.6. The Hall–Kier alpha value is -2.86. The van der Waals surface area contributed by atoms with Crippen molar-refractivity contribution in [1.82, 2.24) is 15.1 Å². The van der Waals surface area contributed by atoms with Crippen molar-refractivity contribution in [1.29, 1.82) is 0 Å². The van der Waals surface area contributed by atoms with Gasteiger partial charge >= 0.3 is 0 Å². The average Bonchev–Trinajstić information content (AvgIpc) is 3.53. The molecule has 6 heteroatoms. The third-order valence-electron chi connectivity index (χ3n) is 8.14. The summed E-state index contributed by atoms with van der Waals surface area (Å²) < 4.78 is 0. The zero-order valence-corrected chi connectivity index (χ0v) is 21.5. The van der Waals surface area contributed by atoms with Crippen LogP contribution in [0.4, 0.5) is 11.4 Å². The van der Waals surface area contributed by atoms with Crippen LogP contribution >= 0.6 is 0 Å². The molecule has 1 aliphatic carbocycles. The molecular weight excluding hydrogens is 432 g/mol. The summed E-state index contributed by atoms with van der Waals surface area (Å²) in [5.74, 6) is 0.752. The van der Waals surface area contributed by atoms with Gasteiger partial charge in [0.15, 0.2) is 0 Å². The summed E-state index contributed by atoms with van der Waals surface area (Å²) in [7, 11) is 4.35. The second kappa shape index (κ2) is 10.4. The maximum atomic E-state index is 4.50. The van der Waals surface area contributed by atoms with Crippen molar-refractivity contribution in [3.63, 3.8) is 0 Å². The van der Waals surface area contributed by atoms with Crippen LogP contribution in [-0.4, -0.2) is 60.6 Å². The van der Waals surface area contributed by atoms with Gasteiger partial charge in [-0.2, -0.15) is 5.10 Å². The summed E-state index contributed by atoms with van der Waals surface area (Å²) in [5, 5.41) is 16.6. The standard InChI is InChI=1S/C29H40N6/c1-5-19-16-30-17-20(19)11-12-25-22-9-7-8-10-23(22)28-24-18-32-34-26(24)15-27(29(28)33-25)31-14-13-21(6-2)35(3)4/h5,11-12,15,17-21,25,31,33H,1,6-10,13-14,16H2,2-4H3,(H,32,34)/b12-11+. The fraction of sp³-hybridized carbons (Fsp3) is 0.517.